The van der Waals surface area contributed by atoms with Crippen LogP contribution < -0.4 is 5.32 Å². The second-order valence-corrected chi connectivity index (χ2v) is 6.79. The molecule has 0 aliphatic carbocycles. The molecule has 142 valence electrons. The number of rotatable bonds is 7. The standard InChI is InChI=1S/C22H21FN4O/c23-18-10-8-16(9-11-18)15-27-13-12-21(26-27)25-22(28)7-3-4-17-14-24-20-6-2-1-5-19(17)20/h1-2,5-6,8-14,24H,3-4,7,15H2,(H,25,26,28). The maximum atomic E-state index is 13.0. The molecule has 28 heavy (non-hydrogen) atoms. The first-order chi connectivity index (χ1) is 13.7. The molecule has 0 unspecified atom stereocenters. The molecule has 2 N–H and O–H groups in total. The first kappa shape index (κ1) is 18.0. The Bertz CT molecular complexity index is 1080. The summed E-state index contributed by atoms with van der Waals surface area (Å²) in [5.41, 5.74) is 3.29. The molecule has 0 fully saturated rings. The van der Waals surface area contributed by atoms with E-state index in [2.05, 4.69) is 21.5 Å². The Morgan fingerprint density at radius 2 is 1.93 bits per heavy atom. The maximum Gasteiger partial charge on any atom is 0.225 e. The van der Waals surface area contributed by atoms with Crippen molar-refractivity contribution in [3.63, 3.8) is 0 Å². The summed E-state index contributed by atoms with van der Waals surface area (Å²) in [5, 5.41) is 8.40. The molecule has 2 aromatic carbocycles. The topological polar surface area (TPSA) is 62.7 Å². The van der Waals surface area contributed by atoms with Gasteiger partial charge in [0.05, 0.1) is 6.54 Å². The number of H-pyrrole nitrogens is 1. The maximum absolute atomic E-state index is 13.0. The average Bonchev–Trinajstić information content (AvgIpc) is 3.31. The Kier molecular flexibility index (Phi) is 5.19. The monoisotopic (exact) mass is 376 g/mol. The molecule has 0 saturated heterocycles. The molecular weight excluding hydrogens is 355 g/mol. The van der Waals surface area contributed by atoms with Crippen LogP contribution in [0.4, 0.5) is 10.2 Å². The molecule has 0 aliphatic rings. The van der Waals surface area contributed by atoms with E-state index in [-0.39, 0.29) is 11.7 Å². The smallest absolute Gasteiger partial charge is 0.225 e. The fourth-order valence-electron chi connectivity index (χ4n) is 3.28. The molecule has 0 radical (unpaired) electrons. The van der Waals surface area contributed by atoms with Crippen LogP contribution in [-0.2, 0) is 17.8 Å². The third kappa shape index (κ3) is 4.28. The van der Waals surface area contributed by atoms with Gasteiger partial charge in [-0.25, -0.2) is 4.39 Å². The van der Waals surface area contributed by atoms with Crippen LogP contribution in [0, 0.1) is 5.82 Å². The fourth-order valence-corrected chi connectivity index (χ4v) is 3.28. The van der Waals surface area contributed by atoms with Gasteiger partial charge in [0.1, 0.15) is 5.82 Å². The quantitative estimate of drug-likeness (QED) is 0.498. The van der Waals surface area contributed by atoms with E-state index in [9.17, 15) is 9.18 Å². The van der Waals surface area contributed by atoms with E-state index in [1.807, 2.05) is 24.4 Å². The molecule has 1 amide bonds. The summed E-state index contributed by atoms with van der Waals surface area (Å²) in [6.45, 7) is 0.525. The van der Waals surface area contributed by atoms with E-state index < -0.39 is 0 Å². The van der Waals surface area contributed by atoms with E-state index in [4.69, 9.17) is 0 Å². The van der Waals surface area contributed by atoms with Crippen LogP contribution >= 0.6 is 0 Å². The summed E-state index contributed by atoms with van der Waals surface area (Å²) in [6, 6.07) is 16.2. The second-order valence-electron chi connectivity index (χ2n) is 6.79. The first-order valence-electron chi connectivity index (χ1n) is 9.30. The lowest BCUT2D eigenvalue weighted by atomic mass is 10.1. The lowest BCUT2D eigenvalue weighted by Crippen LogP contribution is -2.12. The zero-order chi connectivity index (χ0) is 19.3. The minimum absolute atomic E-state index is 0.0492. The van der Waals surface area contributed by atoms with E-state index in [1.54, 1.807) is 29.1 Å². The number of nitrogens with zero attached hydrogens (tertiary/aromatic N) is 2. The summed E-state index contributed by atoms with van der Waals surface area (Å²) in [5.74, 6) is 0.218. The highest BCUT2D eigenvalue weighted by Gasteiger charge is 2.08. The van der Waals surface area contributed by atoms with Gasteiger partial charge < -0.3 is 10.3 Å². The van der Waals surface area contributed by atoms with Crippen LogP contribution in [0.2, 0.25) is 0 Å². The number of fused-ring (bicyclic) bond motifs is 1. The lowest BCUT2D eigenvalue weighted by molar-refractivity contribution is -0.116. The van der Waals surface area contributed by atoms with E-state index in [0.717, 1.165) is 23.9 Å². The molecular formula is C22H21FN4O. The highest BCUT2D eigenvalue weighted by molar-refractivity contribution is 5.89. The Morgan fingerprint density at radius 1 is 1.11 bits per heavy atom. The number of carbonyl (C=O) groups excluding carboxylic acids is 1. The van der Waals surface area contributed by atoms with Crippen molar-refractivity contribution in [2.75, 3.05) is 5.32 Å². The number of aromatic amines is 1. The van der Waals surface area contributed by atoms with Crippen molar-refractivity contribution >= 4 is 22.6 Å². The number of halogens is 1. The fraction of sp³-hybridized carbons (Fsp3) is 0.182. The number of hydrogen-bond donors (Lipinski definition) is 2. The van der Waals surface area contributed by atoms with Gasteiger partial charge in [-0.2, -0.15) is 5.10 Å². The number of anilines is 1. The number of benzene rings is 2. The van der Waals surface area contributed by atoms with Crippen LogP contribution in [0.3, 0.4) is 0 Å². The number of carbonyl (C=O) groups is 1. The van der Waals surface area contributed by atoms with Gasteiger partial charge in [0.25, 0.3) is 0 Å². The normalized spacial score (nSPS) is 11.0. The largest absolute Gasteiger partial charge is 0.361 e. The highest BCUT2D eigenvalue weighted by atomic mass is 19.1. The Labute approximate surface area is 162 Å². The molecule has 4 aromatic rings. The summed E-state index contributed by atoms with van der Waals surface area (Å²) in [4.78, 5) is 15.5. The predicted octanol–water partition coefficient (Wildman–Crippen LogP) is 4.51. The number of aromatic nitrogens is 3. The minimum atomic E-state index is -0.259. The molecule has 0 bridgehead atoms. The van der Waals surface area contributed by atoms with Crippen molar-refractivity contribution in [2.45, 2.75) is 25.8 Å². The summed E-state index contributed by atoms with van der Waals surface area (Å²) in [6.07, 6.45) is 5.86. The van der Waals surface area contributed by atoms with E-state index in [0.29, 0.717) is 18.8 Å². The Morgan fingerprint density at radius 3 is 2.79 bits per heavy atom. The average molecular weight is 376 g/mol. The molecule has 2 aromatic heterocycles. The molecule has 6 heteroatoms. The van der Waals surface area contributed by atoms with Crippen molar-refractivity contribution in [2.24, 2.45) is 0 Å². The van der Waals surface area contributed by atoms with Crippen molar-refractivity contribution in [3.05, 3.63) is 83.9 Å². The van der Waals surface area contributed by atoms with Crippen molar-refractivity contribution in [1.82, 2.24) is 14.8 Å². The SMILES string of the molecule is O=C(CCCc1c[nH]c2ccccc12)Nc1ccn(Cc2ccc(F)cc2)n1. The van der Waals surface area contributed by atoms with Gasteiger partial charge in [-0.15, -0.1) is 0 Å². The summed E-state index contributed by atoms with van der Waals surface area (Å²) in [7, 11) is 0. The van der Waals surface area contributed by atoms with Crippen LogP contribution in [-0.4, -0.2) is 20.7 Å². The highest BCUT2D eigenvalue weighted by Crippen LogP contribution is 2.19. The molecule has 2 heterocycles. The van der Waals surface area contributed by atoms with Gasteiger partial charge in [-0.3, -0.25) is 9.48 Å². The molecule has 0 saturated carbocycles. The van der Waals surface area contributed by atoms with Crippen LogP contribution in [0.15, 0.2) is 67.0 Å². The Balaban J connectivity index is 1.27. The third-order valence-corrected chi connectivity index (χ3v) is 4.69. The van der Waals surface area contributed by atoms with Crippen molar-refractivity contribution in [3.8, 4) is 0 Å². The molecule has 0 aliphatic heterocycles. The lowest BCUT2D eigenvalue weighted by Gasteiger charge is -2.03. The van der Waals surface area contributed by atoms with E-state index in [1.165, 1.54) is 23.1 Å². The van der Waals surface area contributed by atoms with Gasteiger partial charge in [0.2, 0.25) is 5.91 Å². The van der Waals surface area contributed by atoms with Crippen molar-refractivity contribution < 1.29 is 9.18 Å². The second kappa shape index (κ2) is 8.08. The first-order valence-corrected chi connectivity index (χ1v) is 9.30. The van der Waals surface area contributed by atoms with Gasteiger partial charge >= 0.3 is 0 Å². The Hall–Kier alpha value is -3.41. The van der Waals surface area contributed by atoms with Gasteiger partial charge in [-0.1, -0.05) is 30.3 Å². The van der Waals surface area contributed by atoms with Crippen molar-refractivity contribution in [1.29, 1.82) is 0 Å². The number of hydrogen-bond acceptors (Lipinski definition) is 2. The van der Waals surface area contributed by atoms with Crippen LogP contribution in [0.25, 0.3) is 10.9 Å². The third-order valence-electron chi connectivity index (χ3n) is 4.69. The number of nitrogens with one attached hydrogen (secondary N) is 2. The zero-order valence-corrected chi connectivity index (χ0v) is 15.4. The van der Waals surface area contributed by atoms with Gasteiger partial charge in [0, 0.05) is 35.8 Å². The predicted molar refractivity (Wildman–Crippen MR) is 108 cm³/mol. The molecule has 0 atom stereocenters. The molecule has 5 nitrogen and oxygen atoms in total. The summed E-state index contributed by atoms with van der Waals surface area (Å²) >= 11 is 0. The number of aryl methyl sites for hydroxylation is 1. The number of para-hydroxylation sites is 1. The molecule has 0 spiro atoms. The molecule has 4 rings (SSSR count). The van der Waals surface area contributed by atoms with Crippen LogP contribution in [0.5, 0.6) is 0 Å². The number of amides is 1. The minimum Gasteiger partial charge on any atom is -0.361 e. The zero-order valence-electron chi connectivity index (χ0n) is 15.4. The van der Waals surface area contributed by atoms with Gasteiger partial charge in [-0.05, 0) is 42.2 Å². The van der Waals surface area contributed by atoms with Gasteiger partial charge in [0.15, 0.2) is 5.82 Å². The van der Waals surface area contributed by atoms with E-state index >= 15 is 0 Å². The summed E-state index contributed by atoms with van der Waals surface area (Å²) < 4.78 is 14.7. The van der Waals surface area contributed by atoms with Crippen LogP contribution in [0.1, 0.15) is 24.0 Å².